The zero-order chi connectivity index (χ0) is 26.8. The fourth-order valence-corrected chi connectivity index (χ4v) is 5.49. The summed E-state index contributed by atoms with van der Waals surface area (Å²) in [5.41, 5.74) is 8.05. The first-order chi connectivity index (χ1) is 16.8. The molecule has 1 saturated heterocycles. The van der Waals surface area contributed by atoms with Gasteiger partial charge in [0, 0.05) is 22.0 Å². The van der Waals surface area contributed by atoms with E-state index in [1.54, 1.807) is 6.07 Å². The number of hydrogen-bond acceptors (Lipinski definition) is 5. The van der Waals surface area contributed by atoms with Crippen LogP contribution in [0.3, 0.4) is 0 Å². The maximum absolute atomic E-state index is 13.8. The highest BCUT2D eigenvalue weighted by Crippen LogP contribution is 2.48. The Morgan fingerprint density at radius 1 is 1.11 bits per heavy atom. The number of halogens is 2. The minimum atomic E-state index is -0.969. The highest BCUT2D eigenvalue weighted by atomic mass is 35.5. The Hall–Kier alpha value is -2.12. The number of amides is 1. The molecule has 6 nitrogen and oxygen atoms in total. The van der Waals surface area contributed by atoms with Gasteiger partial charge in [0.1, 0.15) is 6.04 Å². The Kier molecular flexibility index (Phi) is 8.77. The van der Waals surface area contributed by atoms with Crippen molar-refractivity contribution in [2.45, 2.75) is 70.6 Å². The molecule has 4 N–H and O–H groups in total. The molecule has 0 spiro atoms. The molecule has 0 aliphatic carbocycles. The van der Waals surface area contributed by atoms with Crippen molar-refractivity contribution in [2.24, 2.45) is 17.1 Å². The molecule has 1 amide bonds. The van der Waals surface area contributed by atoms with Crippen LogP contribution in [0.4, 0.5) is 0 Å². The predicted molar refractivity (Wildman–Crippen MR) is 145 cm³/mol. The van der Waals surface area contributed by atoms with Gasteiger partial charge in [0.25, 0.3) is 0 Å². The fourth-order valence-electron chi connectivity index (χ4n) is 5.17. The number of hydrogen-bond donors (Lipinski definition) is 3. The average molecular weight is 535 g/mol. The molecule has 196 valence electrons. The average Bonchev–Trinajstić information content (AvgIpc) is 3.08. The summed E-state index contributed by atoms with van der Waals surface area (Å²) in [6, 6.07) is 13.2. The van der Waals surface area contributed by atoms with Gasteiger partial charge in [0.15, 0.2) is 0 Å². The summed E-state index contributed by atoms with van der Waals surface area (Å²) in [6.45, 7) is 10.2. The Morgan fingerprint density at radius 3 is 2.28 bits per heavy atom. The van der Waals surface area contributed by atoms with E-state index < -0.39 is 29.5 Å². The molecule has 5 atom stereocenters. The summed E-state index contributed by atoms with van der Waals surface area (Å²) >= 11 is 12.6. The van der Waals surface area contributed by atoms with Crippen molar-refractivity contribution in [1.82, 2.24) is 10.6 Å². The van der Waals surface area contributed by atoms with Gasteiger partial charge in [-0.1, -0.05) is 82.1 Å². The molecule has 1 heterocycles. The van der Waals surface area contributed by atoms with E-state index in [1.807, 2.05) is 56.3 Å². The molecule has 0 aromatic heterocycles. The second-order valence-corrected chi connectivity index (χ2v) is 12.1. The lowest BCUT2D eigenvalue weighted by atomic mass is 9.68. The molecule has 0 unspecified atom stereocenters. The van der Waals surface area contributed by atoms with Crippen LogP contribution in [0.15, 0.2) is 48.5 Å². The lowest BCUT2D eigenvalue weighted by Gasteiger charge is -2.39. The van der Waals surface area contributed by atoms with Crippen LogP contribution in [0.1, 0.15) is 58.1 Å². The minimum absolute atomic E-state index is 0.0779. The molecule has 1 aliphatic heterocycles. The van der Waals surface area contributed by atoms with Crippen LogP contribution in [0.25, 0.3) is 0 Å². The molecule has 1 aliphatic rings. The summed E-state index contributed by atoms with van der Waals surface area (Å²) in [4.78, 5) is 26.3. The normalized spacial score (nSPS) is 25.0. The number of carbonyl (C=O) groups is 2. The van der Waals surface area contributed by atoms with Gasteiger partial charge in [-0.15, -0.1) is 0 Å². The number of carbonyl (C=O) groups excluding carboxylic acids is 2. The van der Waals surface area contributed by atoms with E-state index in [1.165, 1.54) is 7.11 Å². The van der Waals surface area contributed by atoms with Crippen molar-refractivity contribution < 1.29 is 14.3 Å². The van der Waals surface area contributed by atoms with Gasteiger partial charge in [-0.05, 0) is 53.1 Å². The zero-order valence-corrected chi connectivity index (χ0v) is 23.3. The van der Waals surface area contributed by atoms with Crippen LogP contribution in [0, 0.1) is 11.3 Å². The molecule has 1 fully saturated rings. The minimum Gasteiger partial charge on any atom is -0.467 e. The Balaban J connectivity index is 2.16. The third-order valence-electron chi connectivity index (χ3n) is 6.88. The van der Waals surface area contributed by atoms with Gasteiger partial charge >= 0.3 is 5.97 Å². The number of nitrogens with one attached hydrogen (secondary N) is 2. The zero-order valence-electron chi connectivity index (χ0n) is 21.8. The Labute approximate surface area is 224 Å². The first-order valence-electron chi connectivity index (χ1n) is 12.2. The quantitative estimate of drug-likeness (QED) is 0.434. The fraction of sp³-hybridized carbons (Fsp3) is 0.500. The molecule has 8 heteroatoms. The second-order valence-electron chi connectivity index (χ2n) is 11.2. The highest BCUT2D eigenvalue weighted by molar-refractivity contribution is 6.30. The molecule has 3 rings (SSSR count). The van der Waals surface area contributed by atoms with Crippen molar-refractivity contribution in [3.05, 3.63) is 69.7 Å². The van der Waals surface area contributed by atoms with E-state index in [2.05, 4.69) is 31.4 Å². The van der Waals surface area contributed by atoms with Crippen molar-refractivity contribution in [3.63, 3.8) is 0 Å². The molecule has 36 heavy (non-hydrogen) atoms. The van der Waals surface area contributed by atoms with Crippen molar-refractivity contribution in [2.75, 3.05) is 7.11 Å². The molecule has 2 aromatic rings. The van der Waals surface area contributed by atoms with E-state index in [0.29, 0.717) is 16.5 Å². The largest absolute Gasteiger partial charge is 0.467 e. The number of rotatable bonds is 7. The van der Waals surface area contributed by atoms with Gasteiger partial charge in [0.05, 0.1) is 18.7 Å². The van der Waals surface area contributed by atoms with E-state index in [-0.39, 0.29) is 23.3 Å². The number of nitrogens with two attached hydrogens (primary N) is 1. The van der Waals surface area contributed by atoms with E-state index in [9.17, 15) is 9.59 Å². The third-order valence-corrected chi connectivity index (χ3v) is 7.36. The molecular formula is C28H37Cl2N3O3. The van der Waals surface area contributed by atoms with Crippen LogP contribution in [0.2, 0.25) is 10.0 Å². The van der Waals surface area contributed by atoms with Crippen LogP contribution >= 0.6 is 23.2 Å². The summed E-state index contributed by atoms with van der Waals surface area (Å²) in [6.07, 6.45) is 0.706. The summed E-state index contributed by atoms with van der Waals surface area (Å²) in [7, 11) is 1.32. The molecule has 0 saturated carbocycles. The smallest absolute Gasteiger partial charge is 0.328 e. The van der Waals surface area contributed by atoms with Gasteiger partial charge in [-0.25, -0.2) is 4.79 Å². The first kappa shape index (κ1) is 28.5. The van der Waals surface area contributed by atoms with Gasteiger partial charge in [-0.2, -0.15) is 0 Å². The maximum atomic E-state index is 13.8. The molecule has 2 aromatic carbocycles. The number of ether oxygens (including phenoxy) is 1. The molecular weight excluding hydrogens is 497 g/mol. The van der Waals surface area contributed by atoms with E-state index >= 15 is 0 Å². The first-order valence-corrected chi connectivity index (χ1v) is 13.0. The highest BCUT2D eigenvalue weighted by Gasteiger charge is 2.57. The van der Waals surface area contributed by atoms with Crippen LogP contribution in [-0.2, 0) is 19.9 Å². The van der Waals surface area contributed by atoms with E-state index in [0.717, 1.165) is 11.1 Å². The number of esters is 1. The van der Waals surface area contributed by atoms with Gasteiger partial charge in [0.2, 0.25) is 5.91 Å². The van der Waals surface area contributed by atoms with Gasteiger partial charge in [-0.3, -0.25) is 4.79 Å². The van der Waals surface area contributed by atoms with Crippen molar-refractivity contribution in [3.8, 4) is 0 Å². The maximum Gasteiger partial charge on any atom is 0.328 e. The van der Waals surface area contributed by atoms with Crippen molar-refractivity contribution >= 4 is 35.1 Å². The predicted octanol–water partition coefficient (Wildman–Crippen LogP) is 5.02. The summed E-state index contributed by atoms with van der Waals surface area (Å²) in [5, 5.41) is 7.63. The number of methoxy groups -OCH3 is 1. The lowest BCUT2D eigenvalue weighted by Crippen LogP contribution is -2.53. The second kappa shape index (κ2) is 11.1. The number of benzene rings is 2. The van der Waals surface area contributed by atoms with Crippen LogP contribution < -0.4 is 16.4 Å². The molecule has 0 radical (unpaired) electrons. The van der Waals surface area contributed by atoms with Crippen LogP contribution in [0.5, 0.6) is 0 Å². The topological polar surface area (TPSA) is 93.4 Å². The summed E-state index contributed by atoms with van der Waals surface area (Å²) < 4.78 is 4.94. The van der Waals surface area contributed by atoms with Gasteiger partial charge < -0.3 is 21.1 Å². The van der Waals surface area contributed by atoms with E-state index in [4.69, 9.17) is 33.7 Å². The monoisotopic (exact) mass is 533 g/mol. The standard InChI is InChI=1S/C28H37Cl2N3O3/c1-16(2)23(26(35)36-6)33-25(34)24-22(17-8-7-9-20(30)14-17)28(31,18-10-12-19(29)13-11-18)21(32-24)15-27(3,4)5/h7-14,16,21-24,32H,15,31H2,1-6H3,(H,33,34)/t21-,22-,23+,24+,28+/m1/s1. The summed E-state index contributed by atoms with van der Waals surface area (Å²) in [5.74, 6) is -1.44. The molecule has 0 bridgehead atoms. The third kappa shape index (κ3) is 6.05. The lowest BCUT2D eigenvalue weighted by molar-refractivity contribution is -0.146. The van der Waals surface area contributed by atoms with Crippen molar-refractivity contribution in [1.29, 1.82) is 0 Å². The Morgan fingerprint density at radius 2 is 1.75 bits per heavy atom. The Bertz CT molecular complexity index is 1080. The van der Waals surface area contributed by atoms with Crippen LogP contribution in [-0.4, -0.2) is 37.1 Å². The SMILES string of the molecule is COC(=O)[C@@H](NC(=O)[C@H]1N[C@H](CC(C)(C)C)[C@@](N)(c2ccc(Cl)cc2)[C@@H]1c1cccc(Cl)c1)C(C)C.